The molecule has 1 fully saturated rings. The number of rotatable bonds is 5. The lowest BCUT2D eigenvalue weighted by Crippen LogP contribution is -2.39. The second kappa shape index (κ2) is 5.91. The molecule has 110 valence electrons. The fourth-order valence-corrected chi connectivity index (χ4v) is 4.05. The molecule has 21 heavy (non-hydrogen) atoms. The van der Waals surface area contributed by atoms with Gasteiger partial charge in [0.2, 0.25) is 0 Å². The van der Waals surface area contributed by atoms with Crippen LogP contribution in [0.1, 0.15) is 35.6 Å². The average molecular weight is 298 g/mol. The summed E-state index contributed by atoms with van der Waals surface area (Å²) < 4.78 is 0. The van der Waals surface area contributed by atoms with Crippen molar-refractivity contribution in [2.24, 2.45) is 0 Å². The van der Waals surface area contributed by atoms with Crippen molar-refractivity contribution in [1.29, 1.82) is 0 Å². The van der Waals surface area contributed by atoms with E-state index in [9.17, 15) is 0 Å². The van der Waals surface area contributed by atoms with Crippen LogP contribution < -0.4 is 5.32 Å². The quantitative estimate of drug-likeness (QED) is 0.907. The lowest BCUT2D eigenvalue weighted by Gasteiger charge is -2.32. The highest BCUT2D eigenvalue weighted by Crippen LogP contribution is 2.32. The van der Waals surface area contributed by atoms with Crippen LogP contribution in [0.5, 0.6) is 0 Å². The van der Waals surface area contributed by atoms with Gasteiger partial charge < -0.3 is 5.32 Å². The molecule has 0 saturated heterocycles. The van der Waals surface area contributed by atoms with Crippen LogP contribution in [0.15, 0.2) is 41.1 Å². The fourth-order valence-electron chi connectivity index (χ4n) is 3.39. The summed E-state index contributed by atoms with van der Waals surface area (Å²) in [6.45, 7) is 3.35. The van der Waals surface area contributed by atoms with Crippen LogP contribution in [0.25, 0.3) is 0 Å². The van der Waals surface area contributed by atoms with Crippen LogP contribution in [0.4, 0.5) is 0 Å². The van der Waals surface area contributed by atoms with Crippen molar-refractivity contribution in [1.82, 2.24) is 10.2 Å². The second-order valence-electron chi connectivity index (χ2n) is 6.25. The highest BCUT2D eigenvalue weighted by Gasteiger charge is 2.32. The van der Waals surface area contributed by atoms with Crippen molar-refractivity contribution in [3.63, 3.8) is 0 Å². The second-order valence-corrected chi connectivity index (χ2v) is 7.03. The van der Waals surface area contributed by atoms with Crippen LogP contribution >= 0.6 is 11.3 Å². The van der Waals surface area contributed by atoms with Crippen LogP contribution in [-0.4, -0.2) is 24.0 Å². The Morgan fingerprint density at radius 3 is 2.90 bits per heavy atom. The molecule has 2 heterocycles. The maximum absolute atomic E-state index is 3.73. The van der Waals surface area contributed by atoms with Crippen LogP contribution in [-0.2, 0) is 13.0 Å². The number of hydrogen-bond donors (Lipinski definition) is 1. The molecular weight excluding hydrogens is 276 g/mol. The topological polar surface area (TPSA) is 15.3 Å². The Labute approximate surface area is 130 Å². The van der Waals surface area contributed by atoms with Crippen LogP contribution in [0.3, 0.4) is 0 Å². The van der Waals surface area contributed by atoms with Gasteiger partial charge in [0.25, 0.3) is 0 Å². The van der Waals surface area contributed by atoms with E-state index in [1.807, 2.05) is 0 Å². The molecule has 0 radical (unpaired) electrons. The minimum Gasteiger partial charge on any atom is -0.309 e. The number of benzene rings is 1. The van der Waals surface area contributed by atoms with E-state index < -0.39 is 0 Å². The fraction of sp³-hybridized carbons (Fsp3) is 0.444. The zero-order valence-corrected chi connectivity index (χ0v) is 13.1. The minimum atomic E-state index is 0.495. The summed E-state index contributed by atoms with van der Waals surface area (Å²) >= 11 is 1.81. The summed E-state index contributed by atoms with van der Waals surface area (Å²) in [5.74, 6) is 0. The molecule has 0 bridgehead atoms. The van der Waals surface area contributed by atoms with Gasteiger partial charge in [-0.1, -0.05) is 24.3 Å². The van der Waals surface area contributed by atoms with E-state index in [2.05, 4.69) is 51.3 Å². The van der Waals surface area contributed by atoms with E-state index in [1.165, 1.54) is 36.0 Å². The van der Waals surface area contributed by atoms with Gasteiger partial charge in [-0.05, 0) is 59.3 Å². The van der Waals surface area contributed by atoms with Crippen molar-refractivity contribution in [3.05, 3.63) is 57.8 Å². The first-order valence-corrected chi connectivity index (χ1v) is 8.91. The molecule has 0 spiro atoms. The third-order valence-electron chi connectivity index (χ3n) is 4.66. The van der Waals surface area contributed by atoms with Crippen molar-refractivity contribution < 1.29 is 0 Å². The van der Waals surface area contributed by atoms with E-state index in [1.54, 1.807) is 11.3 Å². The number of thiophene rings is 1. The van der Waals surface area contributed by atoms with E-state index in [0.717, 1.165) is 25.7 Å². The van der Waals surface area contributed by atoms with E-state index in [-0.39, 0.29) is 0 Å². The predicted molar refractivity (Wildman–Crippen MR) is 88.6 cm³/mol. The summed E-state index contributed by atoms with van der Waals surface area (Å²) in [6.07, 6.45) is 3.91. The van der Waals surface area contributed by atoms with Crippen LogP contribution in [0, 0.1) is 0 Å². The lowest BCUT2D eigenvalue weighted by molar-refractivity contribution is 0.222. The Kier molecular flexibility index (Phi) is 3.80. The first kappa shape index (κ1) is 13.5. The van der Waals surface area contributed by atoms with E-state index in [0.29, 0.717) is 6.04 Å². The highest BCUT2D eigenvalue weighted by atomic mass is 32.1. The third-order valence-corrected chi connectivity index (χ3v) is 5.39. The summed E-state index contributed by atoms with van der Waals surface area (Å²) in [7, 11) is 0. The summed E-state index contributed by atoms with van der Waals surface area (Å²) in [6, 6.07) is 12.5. The van der Waals surface area contributed by atoms with Gasteiger partial charge >= 0.3 is 0 Å². The lowest BCUT2D eigenvalue weighted by atomic mass is 9.94. The zero-order chi connectivity index (χ0) is 14.1. The molecule has 1 saturated carbocycles. The Morgan fingerprint density at radius 1 is 1.19 bits per heavy atom. The molecular formula is C18H22N2S. The molecule has 1 N–H and O–H groups in total. The average Bonchev–Trinajstić information content (AvgIpc) is 3.25. The minimum absolute atomic E-state index is 0.495. The Morgan fingerprint density at radius 2 is 2.10 bits per heavy atom. The van der Waals surface area contributed by atoms with Gasteiger partial charge in [0.1, 0.15) is 0 Å². The van der Waals surface area contributed by atoms with Gasteiger partial charge in [-0.15, -0.1) is 0 Å². The Hall–Kier alpha value is -1.16. The van der Waals surface area contributed by atoms with E-state index >= 15 is 0 Å². The SMILES string of the molecule is c1ccc2c(c1)CCNC2CN(Cc1ccsc1)C1CC1. The smallest absolute Gasteiger partial charge is 0.0452 e. The highest BCUT2D eigenvalue weighted by molar-refractivity contribution is 7.07. The van der Waals surface area contributed by atoms with Gasteiger partial charge in [0.05, 0.1) is 0 Å². The standard InChI is InChI=1S/C18H22N2S/c1-2-4-17-15(3-1)7-9-19-18(17)12-20(16-5-6-16)11-14-8-10-21-13-14/h1-4,8,10,13,16,18-19H,5-7,9,11-12H2. The van der Waals surface area contributed by atoms with Gasteiger partial charge in [-0.2, -0.15) is 11.3 Å². The molecule has 1 aromatic heterocycles. The maximum Gasteiger partial charge on any atom is 0.0452 e. The summed E-state index contributed by atoms with van der Waals surface area (Å²) in [5.41, 5.74) is 4.52. The van der Waals surface area contributed by atoms with Crippen molar-refractivity contribution in [3.8, 4) is 0 Å². The Balaban J connectivity index is 1.51. The summed E-state index contributed by atoms with van der Waals surface area (Å²) in [5, 5.41) is 8.21. The summed E-state index contributed by atoms with van der Waals surface area (Å²) in [4.78, 5) is 2.68. The van der Waals surface area contributed by atoms with Gasteiger partial charge in [-0.3, -0.25) is 4.90 Å². The number of hydrogen-bond acceptors (Lipinski definition) is 3. The normalized spacial score (nSPS) is 21.5. The molecule has 4 rings (SSSR count). The third kappa shape index (κ3) is 3.05. The monoisotopic (exact) mass is 298 g/mol. The number of nitrogens with one attached hydrogen (secondary N) is 1. The largest absolute Gasteiger partial charge is 0.309 e. The maximum atomic E-state index is 3.73. The molecule has 3 heteroatoms. The zero-order valence-electron chi connectivity index (χ0n) is 12.3. The molecule has 1 aromatic carbocycles. The molecule has 1 aliphatic heterocycles. The molecule has 1 unspecified atom stereocenters. The molecule has 1 aliphatic carbocycles. The van der Waals surface area contributed by atoms with Gasteiger partial charge in [0, 0.05) is 25.2 Å². The molecule has 2 aromatic rings. The molecule has 0 amide bonds. The van der Waals surface area contributed by atoms with Gasteiger partial charge in [0.15, 0.2) is 0 Å². The van der Waals surface area contributed by atoms with Crippen molar-refractivity contribution in [2.75, 3.05) is 13.1 Å². The van der Waals surface area contributed by atoms with Crippen molar-refractivity contribution in [2.45, 2.75) is 37.9 Å². The molecule has 2 aliphatic rings. The first-order valence-electron chi connectivity index (χ1n) is 7.96. The number of nitrogens with zero attached hydrogens (tertiary/aromatic N) is 1. The molecule has 2 nitrogen and oxygen atoms in total. The van der Waals surface area contributed by atoms with E-state index in [4.69, 9.17) is 0 Å². The molecule has 1 atom stereocenters. The number of fused-ring (bicyclic) bond motifs is 1. The van der Waals surface area contributed by atoms with Crippen LogP contribution in [0.2, 0.25) is 0 Å². The van der Waals surface area contributed by atoms with Gasteiger partial charge in [-0.25, -0.2) is 0 Å². The predicted octanol–water partition coefficient (Wildman–Crippen LogP) is 3.60. The first-order chi connectivity index (χ1) is 10.4. The van der Waals surface area contributed by atoms with Crippen molar-refractivity contribution >= 4 is 11.3 Å². The Bertz CT molecular complexity index is 589.